The van der Waals surface area contributed by atoms with E-state index in [4.69, 9.17) is 16.3 Å². The summed E-state index contributed by atoms with van der Waals surface area (Å²) in [6.07, 6.45) is 5.03. The van der Waals surface area contributed by atoms with Crippen LogP contribution in [0.4, 0.5) is 5.69 Å². The van der Waals surface area contributed by atoms with Crippen molar-refractivity contribution < 1.29 is 43.2 Å². The Kier molecular flexibility index (Phi) is 6.22. The van der Waals surface area contributed by atoms with E-state index >= 15 is 0 Å². The molecule has 8 heteroatoms. The molecule has 6 nitrogen and oxygen atoms in total. The molecule has 2 aromatic carbocycles. The van der Waals surface area contributed by atoms with Crippen molar-refractivity contribution in [2.45, 2.75) is 33.7 Å². The van der Waals surface area contributed by atoms with Gasteiger partial charge in [-0.3, -0.25) is 0 Å². The molecule has 0 unspecified atom stereocenters. The Bertz CT molecular complexity index is 1370. The number of aromatic nitrogens is 2. The number of rotatable bonds is 3. The summed E-state index contributed by atoms with van der Waals surface area (Å²) in [5.74, 6) is 1.74. The normalized spacial score (nSPS) is 16.8. The van der Waals surface area contributed by atoms with Gasteiger partial charge in [0.1, 0.15) is 0 Å². The largest absolute Gasteiger partial charge is 1.00 e. The van der Waals surface area contributed by atoms with Crippen molar-refractivity contribution in [3.8, 4) is 5.75 Å². The molecular formula is C25H25ClIN3O3. The fourth-order valence-electron chi connectivity index (χ4n) is 4.70. The van der Waals surface area contributed by atoms with Gasteiger partial charge < -0.3 is 38.7 Å². The Labute approximate surface area is 214 Å². The lowest BCUT2D eigenvalue weighted by atomic mass is 10.1. The summed E-state index contributed by atoms with van der Waals surface area (Å²) in [5.41, 5.74) is 6.65. The number of carbonyl (C=O) groups is 1. The van der Waals surface area contributed by atoms with Crippen molar-refractivity contribution in [1.82, 2.24) is 4.57 Å². The summed E-state index contributed by atoms with van der Waals surface area (Å²) in [6, 6.07) is 7.69. The average molecular weight is 578 g/mol. The molecule has 0 amide bonds. The summed E-state index contributed by atoms with van der Waals surface area (Å²) in [4.78, 5) is 13.7. The van der Waals surface area contributed by atoms with Crippen molar-refractivity contribution in [2.75, 3.05) is 11.4 Å². The zero-order valence-corrected chi connectivity index (χ0v) is 21.9. The smallest absolute Gasteiger partial charge is 0.337 e. The minimum absolute atomic E-state index is 0. The highest BCUT2D eigenvalue weighted by Crippen LogP contribution is 2.41. The highest BCUT2D eigenvalue weighted by molar-refractivity contribution is 6.34. The Morgan fingerprint density at radius 3 is 2.64 bits per heavy atom. The lowest BCUT2D eigenvalue weighted by Crippen LogP contribution is -3.00. The van der Waals surface area contributed by atoms with Crippen molar-refractivity contribution >= 4 is 39.9 Å². The molecular weight excluding hydrogens is 553 g/mol. The predicted octanol–water partition coefficient (Wildman–Crippen LogP) is 1.99. The van der Waals surface area contributed by atoms with Crippen LogP contribution in [0.1, 0.15) is 40.7 Å². The number of hydrogen-bond donors (Lipinski definition) is 1. The number of ether oxygens (including phenoxy) is 1. The third-order valence-corrected chi connectivity index (χ3v) is 6.81. The monoisotopic (exact) mass is 577 g/mol. The Hall–Kier alpha value is -2.52. The number of hydrogen-bond acceptors (Lipinski definition) is 3. The number of aromatic carboxylic acids is 1. The van der Waals surface area contributed by atoms with Gasteiger partial charge in [0.05, 0.1) is 29.9 Å². The molecule has 0 bridgehead atoms. The Morgan fingerprint density at radius 1 is 1.21 bits per heavy atom. The molecule has 0 aliphatic carbocycles. The second-order valence-corrected chi connectivity index (χ2v) is 8.76. The third-order valence-electron chi connectivity index (χ3n) is 6.50. The minimum atomic E-state index is -1.02. The first-order chi connectivity index (χ1) is 15.3. The van der Waals surface area contributed by atoms with Crippen LogP contribution in [0.15, 0.2) is 42.3 Å². The molecule has 0 saturated heterocycles. The number of aryl methyl sites for hydroxylation is 4. The number of imidazole rings is 1. The van der Waals surface area contributed by atoms with Gasteiger partial charge in [-0.25, -0.2) is 13.9 Å². The summed E-state index contributed by atoms with van der Waals surface area (Å²) in [5, 5.41) is 9.70. The molecule has 1 aromatic heterocycles. The third kappa shape index (κ3) is 3.71. The van der Waals surface area contributed by atoms with Crippen molar-refractivity contribution in [1.29, 1.82) is 0 Å². The zero-order chi connectivity index (χ0) is 22.7. The van der Waals surface area contributed by atoms with Crippen LogP contribution in [0.5, 0.6) is 5.75 Å². The standard InChI is InChI=1S/C25H24ClN3O3.HI/c1-5-28-21-10-14(2)15(3)11-22(21)32-23(28)7-6-16-8-9-29-20-13-18(26)17(25(30)31)12-19(20)27(4)24(16)29;/h6-7,10-13H,5,8-9H2,1-4H3;1H. The summed E-state index contributed by atoms with van der Waals surface area (Å²) in [7, 11) is 1.96. The highest BCUT2D eigenvalue weighted by Gasteiger charge is 2.33. The van der Waals surface area contributed by atoms with Crippen molar-refractivity contribution in [3.05, 3.63) is 69.8 Å². The predicted molar refractivity (Wildman–Crippen MR) is 125 cm³/mol. The van der Waals surface area contributed by atoms with E-state index in [1.165, 1.54) is 16.7 Å². The van der Waals surface area contributed by atoms with Gasteiger partial charge >= 0.3 is 5.97 Å². The first kappa shape index (κ1) is 23.6. The molecule has 33 heavy (non-hydrogen) atoms. The number of nitrogens with zero attached hydrogens (tertiary/aromatic N) is 3. The first-order valence-electron chi connectivity index (χ1n) is 10.7. The molecule has 2 aliphatic heterocycles. The second-order valence-electron chi connectivity index (χ2n) is 8.36. The van der Waals surface area contributed by atoms with E-state index in [-0.39, 0.29) is 34.6 Å². The molecule has 3 aromatic rings. The van der Waals surface area contributed by atoms with E-state index in [1.54, 1.807) is 12.1 Å². The second kappa shape index (κ2) is 8.68. The van der Waals surface area contributed by atoms with Crippen LogP contribution in [-0.2, 0) is 13.6 Å². The molecule has 0 fully saturated rings. The van der Waals surface area contributed by atoms with Crippen LogP contribution in [0.3, 0.4) is 0 Å². The average Bonchev–Trinajstić information content (AvgIpc) is 3.39. The van der Waals surface area contributed by atoms with Gasteiger partial charge in [0.25, 0.3) is 5.82 Å². The lowest BCUT2D eigenvalue weighted by molar-refractivity contribution is -0.647. The summed E-state index contributed by atoms with van der Waals surface area (Å²) >= 11 is 6.24. The van der Waals surface area contributed by atoms with Crippen LogP contribution in [-0.4, -0.2) is 22.2 Å². The Morgan fingerprint density at radius 2 is 1.94 bits per heavy atom. The fourth-order valence-corrected chi connectivity index (χ4v) is 4.94. The van der Waals surface area contributed by atoms with E-state index in [1.807, 2.05) is 17.7 Å². The fraction of sp³-hybridized carbons (Fsp3) is 0.280. The summed E-state index contributed by atoms with van der Waals surface area (Å²) in [6.45, 7) is 7.97. The Balaban J connectivity index is 0.00000259. The van der Waals surface area contributed by atoms with Crippen LogP contribution < -0.4 is 38.2 Å². The van der Waals surface area contributed by atoms with Crippen LogP contribution >= 0.6 is 11.6 Å². The van der Waals surface area contributed by atoms with Gasteiger partial charge in [0, 0.05) is 30.7 Å². The maximum absolute atomic E-state index is 11.5. The van der Waals surface area contributed by atoms with E-state index in [0.29, 0.717) is 0 Å². The van der Waals surface area contributed by atoms with Crippen LogP contribution in [0, 0.1) is 13.8 Å². The molecule has 0 atom stereocenters. The molecule has 5 rings (SSSR count). The highest BCUT2D eigenvalue weighted by atomic mass is 127. The molecule has 0 radical (unpaired) electrons. The number of benzene rings is 2. The van der Waals surface area contributed by atoms with E-state index in [9.17, 15) is 9.90 Å². The van der Waals surface area contributed by atoms with Crippen LogP contribution in [0.25, 0.3) is 16.6 Å². The van der Waals surface area contributed by atoms with Gasteiger partial charge in [-0.1, -0.05) is 11.6 Å². The van der Waals surface area contributed by atoms with Crippen molar-refractivity contribution in [3.63, 3.8) is 0 Å². The van der Waals surface area contributed by atoms with E-state index in [0.717, 1.165) is 53.7 Å². The summed E-state index contributed by atoms with van der Waals surface area (Å²) < 4.78 is 10.4. The van der Waals surface area contributed by atoms with E-state index < -0.39 is 5.97 Å². The van der Waals surface area contributed by atoms with Gasteiger partial charge in [-0.2, -0.15) is 0 Å². The topological polar surface area (TPSA) is 58.6 Å². The number of halogens is 2. The maximum Gasteiger partial charge on any atom is 0.337 e. The zero-order valence-electron chi connectivity index (χ0n) is 18.9. The minimum Gasteiger partial charge on any atom is -1.00 e. The molecule has 1 N–H and O–H groups in total. The molecule has 3 heterocycles. The van der Waals surface area contributed by atoms with E-state index in [2.05, 4.69) is 48.4 Å². The first-order valence-corrected chi connectivity index (χ1v) is 11.1. The van der Waals surface area contributed by atoms with Gasteiger partial charge in [-0.05, 0) is 56.2 Å². The molecule has 0 spiro atoms. The molecule has 172 valence electrons. The quantitative estimate of drug-likeness (QED) is 0.382. The maximum atomic E-state index is 11.5. The lowest BCUT2D eigenvalue weighted by Gasteiger charge is -2.15. The SMILES string of the molecule is CCN1C(=CC=C2CCn3c2[n+](C)c2cc(C(=O)O)c(Cl)cc23)Oc2cc(C)c(C)cc21.[I-]. The number of carboxylic acid groups (broad SMARTS) is 1. The van der Waals surface area contributed by atoms with Gasteiger partial charge in [-0.15, -0.1) is 0 Å². The molecule has 0 saturated carbocycles. The van der Waals surface area contributed by atoms with Gasteiger partial charge in [0.2, 0.25) is 5.88 Å². The van der Waals surface area contributed by atoms with Crippen molar-refractivity contribution in [2.24, 2.45) is 7.05 Å². The number of allylic oxidation sites excluding steroid dienone is 3. The van der Waals surface area contributed by atoms with Gasteiger partial charge in [0.15, 0.2) is 16.8 Å². The number of carboxylic acids is 1. The molecule has 2 aliphatic rings. The number of fused-ring (bicyclic) bond motifs is 4. The number of anilines is 1. The van der Waals surface area contributed by atoms with Crippen LogP contribution in [0.2, 0.25) is 5.02 Å².